The molecule has 5 heteroatoms. The summed E-state index contributed by atoms with van der Waals surface area (Å²) in [6.45, 7) is 0.788. The molecule has 0 bridgehead atoms. The van der Waals surface area contributed by atoms with Gasteiger partial charge in [-0.15, -0.1) is 0 Å². The SMILES string of the molecule is Fc1cccc(COc2cc(F)cc([C@H]3CCON3)c2)c1. The molecular formula is C16H15F2NO2. The first-order valence-electron chi connectivity index (χ1n) is 6.76. The average Bonchev–Trinajstić information content (AvgIpc) is 2.99. The molecule has 0 aliphatic carbocycles. The fraction of sp³-hybridized carbons (Fsp3) is 0.250. The molecule has 0 saturated carbocycles. The lowest BCUT2D eigenvalue weighted by atomic mass is 10.1. The lowest BCUT2D eigenvalue weighted by Crippen LogP contribution is -2.11. The van der Waals surface area contributed by atoms with Gasteiger partial charge in [0.2, 0.25) is 0 Å². The minimum Gasteiger partial charge on any atom is -0.489 e. The van der Waals surface area contributed by atoms with Gasteiger partial charge in [-0.1, -0.05) is 12.1 Å². The number of hydrogen-bond acceptors (Lipinski definition) is 3. The molecule has 1 aliphatic rings. The molecule has 0 unspecified atom stereocenters. The Kier molecular flexibility index (Phi) is 4.13. The van der Waals surface area contributed by atoms with Crippen LogP contribution in [-0.2, 0) is 11.4 Å². The zero-order chi connectivity index (χ0) is 14.7. The minimum atomic E-state index is -0.365. The van der Waals surface area contributed by atoms with Gasteiger partial charge in [0, 0.05) is 6.07 Å². The number of nitrogens with one attached hydrogen (secondary N) is 1. The minimum absolute atomic E-state index is 0.0304. The van der Waals surface area contributed by atoms with E-state index in [1.54, 1.807) is 18.2 Å². The maximum atomic E-state index is 13.7. The smallest absolute Gasteiger partial charge is 0.127 e. The zero-order valence-corrected chi connectivity index (χ0v) is 11.3. The number of benzene rings is 2. The molecule has 3 rings (SSSR count). The Balaban J connectivity index is 1.72. The monoisotopic (exact) mass is 291 g/mol. The summed E-state index contributed by atoms with van der Waals surface area (Å²) in [5.41, 5.74) is 4.31. The Morgan fingerprint density at radius 3 is 2.81 bits per heavy atom. The van der Waals surface area contributed by atoms with Gasteiger partial charge in [-0.05, 0) is 41.8 Å². The molecule has 2 aromatic carbocycles. The van der Waals surface area contributed by atoms with E-state index in [1.165, 1.54) is 24.3 Å². The van der Waals surface area contributed by atoms with E-state index in [9.17, 15) is 8.78 Å². The first-order chi connectivity index (χ1) is 10.2. The van der Waals surface area contributed by atoms with Gasteiger partial charge in [0.1, 0.15) is 24.0 Å². The van der Waals surface area contributed by atoms with Crippen LogP contribution in [0.15, 0.2) is 42.5 Å². The molecule has 0 radical (unpaired) electrons. The second kappa shape index (κ2) is 6.20. The zero-order valence-electron chi connectivity index (χ0n) is 11.3. The number of hydroxylamine groups is 1. The summed E-state index contributed by atoms with van der Waals surface area (Å²) in [7, 11) is 0. The number of halogens is 2. The van der Waals surface area contributed by atoms with Crippen LogP contribution >= 0.6 is 0 Å². The van der Waals surface area contributed by atoms with Crippen molar-refractivity contribution >= 4 is 0 Å². The molecular weight excluding hydrogens is 276 g/mol. The fourth-order valence-corrected chi connectivity index (χ4v) is 2.29. The average molecular weight is 291 g/mol. The van der Waals surface area contributed by atoms with Crippen LogP contribution in [0.3, 0.4) is 0 Å². The molecule has 1 fully saturated rings. The maximum absolute atomic E-state index is 13.7. The van der Waals surface area contributed by atoms with Gasteiger partial charge in [-0.25, -0.2) is 8.78 Å². The highest BCUT2D eigenvalue weighted by molar-refractivity contribution is 5.32. The van der Waals surface area contributed by atoms with E-state index < -0.39 is 0 Å². The molecule has 1 atom stereocenters. The van der Waals surface area contributed by atoms with Crippen molar-refractivity contribution in [2.75, 3.05) is 6.61 Å². The largest absolute Gasteiger partial charge is 0.489 e. The molecule has 2 aromatic rings. The molecule has 1 N–H and O–H groups in total. The first-order valence-corrected chi connectivity index (χ1v) is 6.76. The van der Waals surface area contributed by atoms with Gasteiger partial charge in [0.05, 0.1) is 12.6 Å². The van der Waals surface area contributed by atoms with Crippen molar-refractivity contribution < 1.29 is 18.4 Å². The van der Waals surface area contributed by atoms with Gasteiger partial charge >= 0.3 is 0 Å². The summed E-state index contributed by atoms with van der Waals surface area (Å²) in [5.74, 6) is -0.262. The summed E-state index contributed by atoms with van der Waals surface area (Å²) in [4.78, 5) is 5.08. The van der Waals surface area contributed by atoms with Crippen LogP contribution in [0.1, 0.15) is 23.6 Å². The summed E-state index contributed by atoms with van der Waals surface area (Å²) in [6.07, 6.45) is 0.785. The molecule has 21 heavy (non-hydrogen) atoms. The Morgan fingerprint density at radius 1 is 1.14 bits per heavy atom. The van der Waals surface area contributed by atoms with Gasteiger partial charge in [-0.2, -0.15) is 5.48 Å². The van der Waals surface area contributed by atoms with Crippen molar-refractivity contribution in [2.24, 2.45) is 0 Å². The number of hydrogen-bond donors (Lipinski definition) is 1. The van der Waals surface area contributed by atoms with Crippen molar-refractivity contribution in [1.29, 1.82) is 0 Å². The third-order valence-corrected chi connectivity index (χ3v) is 3.32. The van der Waals surface area contributed by atoms with Crippen molar-refractivity contribution in [3.05, 3.63) is 65.2 Å². The molecule has 3 nitrogen and oxygen atoms in total. The molecule has 1 saturated heterocycles. The summed E-state index contributed by atoms with van der Waals surface area (Å²) in [5, 5.41) is 0. The van der Waals surface area contributed by atoms with Gasteiger partial charge in [-0.3, -0.25) is 0 Å². The molecule has 1 heterocycles. The molecule has 0 amide bonds. The topological polar surface area (TPSA) is 30.5 Å². The van der Waals surface area contributed by atoms with Crippen LogP contribution in [0.25, 0.3) is 0 Å². The second-order valence-electron chi connectivity index (χ2n) is 4.95. The van der Waals surface area contributed by atoms with Crippen molar-refractivity contribution in [3.63, 3.8) is 0 Å². The lowest BCUT2D eigenvalue weighted by Gasteiger charge is -2.12. The molecule has 1 aliphatic heterocycles. The maximum Gasteiger partial charge on any atom is 0.127 e. The van der Waals surface area contributed by atoms with Gasteiger partial charge in [0.15, 0.2) is 0 Å². The van der Waals surface area contributed by atoms with Crippen LogP contribution < -0.4 is 10.2 Å². The predicted octanol–water partition coefficient (Wildman–Crippen LogP) is 3.51. The van der Waals surface area contributed by atoms with Crippen LogP contribution in [0.2, 0.25) is 0 Å². The van der Waals surface area contributed by atoms with E-state index in [1.807, 2.05) is 0 Å². The van der Waals surface area contributed by atoms with Crippen molar-refractivity contribution in [2.45, 2.75) is 19.1 Å². The third-order valence-electron chi connectivity index (χ3n) is 3.32. The van der Waals surface area contributed by atoms with Crippen LogP contribution in [0.5, 0.6) is 5.75 Å². The molecule has 0 aromatic heterocycles. The Hall–Kier alpha value is -1.98. The van der Waals surface area contributed by atoms with Crippen molar-refractivity contribution in [1.82, 2.24) is 5.48 Å². The highest BCUT2D eigenvalue weighted by atomic mass is 19.1. The van der Waals surface area contributed by atoms with E-state index in [4.69, 9.17) is 9.57 Å². The predicted molar refractivity (Wildman–Crippen MR) is 73.6 cm³/mol. The normalized spacial score (nSPS) is 17.9. The first kappa shape index (κ1) is 14.0. The van der Waals surface area contributed by atoms with Crippen LogP contribution in [-0.4, -0.2) is 6.61 Å². The number of rotatable bonds is 4. The Labute approximate surface area is 121 Å². The van der Waals surface area contributed by atoms with E-state index in [2.05, 4.69) is 5.48 Å². The van der Waals surface area contributed by atoms with E-state index in [0.717, 1.165) is 12.0 Å². The summed E-state index contributed by atoms with van der Waals surface area (Å²) < 4.78 is 32.3. The quantitative estimate of drug-likeness (QED) is 0.935. The number of ether oxygens (including phenoxy) is 1. The van der Waals surface area contributed by atoms with Crippen LogP contribution in [0.4, 0.5) is 8.78 Å². The second-order valence-corrected chi connectivity index (χ2v) is 4.95. The van der Waals surface area contributed by atoms with Gasteiger partial charge in [0.25, 0.3) is 0 Å². The summed E-state index contributed by atoms with van der Waals surface area (Å²) in [6, 6.07) is 10.7. The summed E-state index contributed by atoms with van der Waals surface area (Å²) >= 11 is 0. The third kappa shape index (κ3) is 3.56. The van der Waals surface area contributed by atoms with E-state index >= 15 is 0 Å². The fourth-order valence-electron chi connectivity index (χ4n) is 2.29. The Morgan fingerprint density at radius 2 is 2.05 bits per heavy atom. The highest BCUT2D eigenvalue weighted by Crippen LogP contribution is 2.26. The molecule has 0 spiro atoms. The Bertz CT molecular complexity index is 627. The standard InChI is InChI=1S/C16H15F2NO2/c17-13-3-1-2-11(6-13)10-20-15-8-12(7-14(18)9-15)16-4-5-21-19-16/h1-3,6-9,16,19H,4-5,10H2/t16-/m1/s1. The highest BCUT2D eigenvalue weighted by Gasteiger charge is 2.18. The lowest BCUT2D eigenvalue weighted by molar-refractivity contribution is 0.0882. The van der Waals surface area contributed by atoms with E-state index in [0.29, 0.717) is 17.9 Å². The van der Waals surface area contributed by atoms with E-state index in [-0.39, 0.29) is 24.3 Å². The van der Waals surface area contributed by atoms with Crippen molar-refractivity contribution in [3.8, 4) is 5.75 Å². The molecule has 110 valence electrons. The van der Waals surface area contributed by atoms with Gasteiger partial charge < -0.3 is 9.57 Å². The van der Waals surface area contributed by atoms with Crippen LogP contribution in [0, 0.1) is 11.6 Å².